The lowest BCUT2D eigenvalue weighted by Gasteiger charge is -2.37. The van der Waals surface area contributed by atoms with Crippen LogP contribution in [-0.4, -0.2) is 74.3 Å². The molecule has 2 saturated heterocycles. The molecule has 3 aromatic rings. The number of carbonyl (C=O) groups is 1. The Kier molecular flexibility index (Phi) is 6.00. The summed E-state index contributed by atoms with van der Waals surface area (Å²) in [5.74, 6) is 1.79. The summed E-state index contributed by atoms with van der Waals surface area (Å²) in [5.41, 5.74) is 2.66. The topological polar surface area (TPSA) is 108 Å². The van der Waals surface area contributed by atoms with Crippen molar-refractivity contribution in [3.8, 4) is 17.5 Å². The molecule has 1 saturated carbocycles. The first-order valence-corrected chi connectivity index (χ1v) is 14.3. The van der Waals surface area contributed by atoms with Gasteiger partial charge >= 0.3 is 0 Å². The average molecular weight is 521 g/mol. The molecule has 10 nitrogen and oxygen atoms in total. The molecule has 4 atom stereocenters. The monoisotopic (exact) mass is 520 g/mol. The van der Waals surface area contributed by atoms with Crippen molar-refractivity contribution in [1.82, 2.24) is 29.6 Å². The third-order valence-corrected chi connectivity index (χ3v) is 9.37. The second kappa shape index (κ2) is 9.41. The molecule has 0 bridgehead atoms. The molecule has 0 radical (unpaired) electrons. The molecule has 0 aromatic carbocycles. The molecule has 4 aliphatic rings. The summed E-state index contributed by atoms with van der Waals surface area (Å²) < 4.78 is 20.3. The fourth-order valence-corrected chi connectivity index (χ4v) is 7.25. The van der Waals surface area contributed by atoms with E-state index >= 15 is 0 Å². The van der Waals surface area contributed by atoms with Crippen molar-refractivity contribution in [1.29, 1.82) is 0 Å². The number of carbonyl (C=O) groups excluding carboxylic acids is 1. The number of imidazole rings is 1. The Balaban J connectivity index is 1.33. The Labute approximate surface area is 222 Å². The van der Waals surface area contributed by atoms with Crippen LogP contribution in [0.15, 0.2) is 10.9 Å². The van der Waals surface area contributed by atoms with E-state index in [0.717, 1.165) is 81.4 Å². The van der Waals surface area contributed by atoms with E-state index in [9.17, 15) is 4.79 Å². The van der Waals surface area contributed by atoms with E-state index in [2.05, 4.69) is 28.6 Å². The molecule has 0 amide bonds. The fourth-order valence-electron chi connectivity index (χ4n) is 7.25. The lowest BCUT2D eigenvalue weighted by Crippen LogP contribution is -2.41. The van der Waals surface area contributed by atoms with E-state index in [0.29, 0.717) is 47.8 Å². The molecule has 5 heterocycles. The van der Waals surface area contributed by atoms with Gasteiger partial charge < -0.3 is 18.6 Å². The molecular formula is C28H36N6O4. The quantitative estimate of drug-likeness (QED) is 0.493. The number of fused-ring (bicyclic) bond motifs is 3. The molecule has 3 aromatic heterocycles. The summed E-state index contributed by atoms with van der Waals surface area (Å²) in [6.45, 7) is 4.54. The van der Waals surface area contributed by atoms with Gasteiger partial charge in [0.1, 0.15) is 17.6 Å². The zero-order valence-corrected chi connectivity index (χ0v) is 22.3. The normalized spacial score (nSPS) is 28.8. The van der Waals surface area contributed by atoms with Gasteiger partial charge in [0.25, 0.3) is 0 Å². The SMILES string of the molecule is C[C@H](Oc1nc(-c2onc3c2CCC[C@@]32CCCCC2=O)nc2c1ncn2[C@@H]1CCOC1)[C@@H]1CCCN1C. The van der Waals surface area contributed by atoms with Gasteiger partial charge in [-0.1, -0.05) is 11.6 Å². The van der Waals surface area contributed by atoms with Gasteiger partial charge in [-0.3, -0.25) is 9.69 Å². The number of ketones is 1. The Morgan fingerprint density at radius 2 is 2.03 bits per heavy atom. The van der Waals surface area contributed by atoms with Gasteiger partial charge in [0, 0.05) is 24.6 Å². The number of aromatic nitrogens is 5. The second-order valence-electron chi connectivity index (χ2n) is 11.6. The van der Waals surface area contributed by atoms with Gasteiger partial charge in [0.2, 0.25) is 17.5 Å². The first-order valence-electron chi connectivity index (χ1n) is 14.3. The summed E-state index contributed by atoms with van der Waals surface area (Å²) in [7, 11) is 2.15. The van der Waals surface area contributed by atoms with Crippen LogP contribution in [-0.2, 0) is 21.4 Å². The van der Waals surface area contributed by atoms with E-state index in [-0.39, 0.29) is 12.1 Å². The number of rotatable bonds is 5. The van der Waals surface area contributed by atoms with E-state index in [1.165, 1.54) is 6.42 Å². The number of likely N-dealkylation sites (tertiary alicyclic amines) is 1. The van der Waals surface area contributed by atoms with Crippen LogP contribution in [0.4, 0.5) is 0 Å². The van der Waals surface area contributed by atoms with Gasteiger partial charge in [-0.25, -0.2) is 9.97 Å². The lowest BCUT2D eigenvalue weighted by molar-refractivity contribution is -0.127. The van der Waals surface area contributed by atoms with Crippen molar-refractivity contribution in [2.75, 3.05) is 26.8 Å². The molecule has 1 spiro atoms. The minimum Gasteiger partial charge on any atom is -0.471 e. The van der Waals surface area contributed by atoms with Crippen LogP contribution in [0.2, 0.25) is 0 Å². The molecule has 2 aliphatic carbocycles. The van der Waals surface area contributed by atoms with Crippen molar-refractivity contribution in [3.05, 3.63) is 17.6 Å². The highest BCUT2D eigenvalue weighted by molar-refractivity contribution is 5.91. The average Bonchev–Trinajstić information content (AvgIpc) is 3.72. The van der Waals surface area contributed by atoms with Crippen molar-refractivity contribution in [2.24, 2.45) is 0 Å². The third-order valence-electron chi connectivity index (χ3n) is 9.37. The second-order valence-corrected chi connectivity index (χ2v) is 11.6. The van der Waals surface area contributed by atoms with E-state index in [1.807, 2.05) is 6.33 Å². The van der Waals surface area contributed by atoms with Crippen LogP contribution in [0, 0.1) is 0 Å². The minimum atomic E-state index is -0.512. The number of hydrogen-bond donors (Lipinski definition) is 0. The van der Waals surface area contributed by atoms with E-state index in [1.54, 1.807) is 0 Å². The van der Waals surface area contributed by atoms with Gasteiger partial charge in [-0.15, -0.1) is 0 Å². The zero-order valence-electron chi connectivity index (χ0n) is 22.3. The molecular weight excluding hydrogens is 484 g/mol. The van der Waals surface area contributed by atoms with Crippen molar-refractivity contribution in [3.63, 3.8) is 0 Å². The Morgan fingerprint density at radius 1 is 1.13 bits per heavy atom. The third kappa shape index (κ3) is 3.78. The smallest absolute Gasteiger partial charge is 0.246 e. The van der Waals surface area contributed by atoms with Crippen LogP contribution >= 0.6 is 0 Å². The predicted octanol–water partition coefficient (Wildman–Crippen LogP) is 4.02. The molecule has 38 heavy (non-hydrogen) atoms. The van der Waals surface area contributed by atoms with E-state index in [4.69, 9.17) is 28.9 Å². The van der Waals surface area contributed by atoms with Crippen molar-refractivity contribution < 1.29 is 18.8 Å². The molecule has 2 aliphatic heterocycles. The highest BCUT2D eigenvalue weighted by Gasteiger charge is 2.48. The standard InChI is InChI=1S/C28H36N6O4/c1-17(20-8-6-13-33(20)2)37-27-22-26(34(16-29-22)18-10-14-36-15-18)30-25(31-27)23-19-7-5-12-28(24(19)32-38-23)11-4-3-9-21(28)35/h16-18,20H,3-15H2,1-2H3/t17-,18+,20-,28+/m0/s1. The molecule has 3 fully saturated rings. The maximum atomic E-state index is 13.2. The summed E-state index contributed by atoms with van der Waals surface area (Å²) in [6.07, 6.45) is 11.0. The zero-order chi connectivity index (χ0) is 25.9. The number of Topliss-reactive ketones (excluding diaryl/α,β-unsaturated/α-hetero) is 1. The van der Waals surface area contributed by atoms with Crippen LogP contribution in [0.5, 0.6) is 5.88 Å². The van der Waals surface area contributed by atoms with Gasteiger partial charge in [-0.2, -0.15) is 4.98 Å². The Morgan fingerprint density at radius 3 is 2.82 bits per heavy atom. The highest BCUT2D eigenvalue weighted by atomic mass is 16.5. The summed E-state index contributed by atoms with van der Waals surface area (Å²) >= 11 is 0. The fraction of sp³-hybridized carbons (Fsp3) is 0.679. The van der Waals surface area contributed by atoms with Crippen molar-refractivity contribution >= 4 is 16.9 Å². The van der Waals surface area contributed by atoms with E-state index < -0.39 is 5.41 Å². The predicted molar refractivity (Wildman–Crippen MR) is 139 cm³/mol. The van der Waals surface area contributed by atoms with Gasteiger partial charge in [0.05, 0.1) is 24.4 Å². The summed E-state index contributed by atoms with van der Waals surface area (Å²) in [5, 5.41) is 4.53. The number of likely N-dealkylation sites (N-methyl/N-ethyl adjacent to an activating group) is 1. The summed E-state index contributed by atoms with van der Waals surface area (Å²) in [4.78, 5) is 30.1. The number of hydrogen-bond acceptors (Lipinski definition) is 9. The van der Waals surface area contributed by atoms with Gasteiger partial charge in [-0.05, 0) is 71.9 Å². The summed E-state index contributed by atoms with van der Waals surface area (Å²) in [6, 6.07) is 0.491. The number of ether oxygens (including phenoxy) is 2. The molecule has 0 unspecified atom stereocenters. The van der Waals surface area contributed by atoms with Crippen LogP contribution in [0.1, 0.15) is 82.0 Å². The van der Waals surface area contributed by atoms with Crippen LogP contribution in [0.25, 0.3) is 22.7 Å². The largest absolute Gasteiger partial charge is 0.471 e. The van der Waals surface area contributed by atoms with Crippen molar-refractivity contribution in [2.45, 2.75) is 94.7 Å². The maximum absolute atomic E-state index is 13.2. The Bertz CT molecular complexity index is 1360. The van der Waals surface area contributed by atoms with Crippen LogP contribution in [0.3, 0.4) is 0 Å². The first kappa shape index (κ1) is 24.2. The molecule has 0 N–H and O–H groups in total. The first-order chi connectivity index (χ1) is 18.5. The Hall–Kier alpha value is -2.85. The molecule has 202 valence electrons. The molecule has 10 heteroatoms. The highest BCUT2D eigenvalue weighted by Crippen LogP contribution is 2.47. The minimum absolute atomic E-state index is 0.0554. The van der Waals surface area contributed by atoms with Crippen LogP contribution < -0.4 is 4.74 Å². The number of nitrogens with zero attached hydrogens (tertiary/aromatic N) is 6. The molecule has 7 rings (SSSR count). The van der Waals surface area contributed by atoms with Gasteiger partial charge in [0.15, 0.2) is 11.2 Å². The maximum Gasteiger partial charge on any atom is 0.246 e. The lowest BCUT2D eigenvalue weighted by atomic mass is 9.64.